The van der Waals surface area contributed by atoms with E-state index in [1.807, 2.05) is 4.90 Å². The second kappa shape index (κ2) is 6.66. The van der Waals surface area contributed by atoms with E-state index in [0.717, 1.165) is 19.4 Å². The van der Waals surface area contributed by atoms with E-state index in [0.29, 0.717) is 24.5 Å². The van der Waals surface area contributed by atoms with E-state index in [1.54, 1.807) is 12.1 Å². The number of carboxylic acid groups (broad SMARTS) is 1. The molecule has 0 saturated carbocycles. The number of carbonyl (C=O) groups is 1. The monoisotopic (exact) mass is 419 g/mol. The van der Waals surface area contributed by atoms with Crippen LogP contribution in [0.3, 0.4) is 0 Å². The molecule has 0 amide bonds. The van der Waals surface area contributed by atoms with Gasteiger partial charge in [-0.1, -0.05) is 0 Å². The van der Waals surface area contributed by atoms with E-state index in [9.17, 15) is 9.59 Å². The lowest BCUT2D eigenvalue weighted by molar-refractivity contribution is 0.143. The van der Waals surface area contributed by atoms with E-state index in [4.69, 9.17) is 15.6 Å². The van der Waals surface area contributed by atoms with Crippen molar-refractivity contribution in [2.75, 3.05) is 49.1 Å². The van der Waals surface area contributed by atoms with Crippen LogP contribution in [0.15, 0.2) is 11.0 Å². The molecular weight excluding hydrogens is 397 g/mol. The molecule has 2 atom stereocenters. The molecule has 2 aromatic rings. The molecule has 0 unspecified atom stereocenters. The molecule has 5 rings (SSSR count). The standard InChI is InChI=1S/C19H22FN5O5/c1-23-8-29-18-15-12(17(26)11(7-25(15)23)30-19(27)28)14(21)13(20)16(18)24-5-9-3-2-4-22-10(9)6-24/h7,9-10,22H,2-6,8,21H2,1H3,(H,27,28)/t9-,10+/m0/s1. The maximum absolute atomic E-state index is 15.5. The van der Waals surface area contributed by atoms with Crippen LogP contribution in [0.25, 0.3) is 10.9 Å². The van der Waals surface area contributed by atoms with Crippen LogP contribution in [-0.2, 0) is 0 Å². The number of piperidine rings is 1. The molecule has 1 aromatic heterocycles. The van der Waals surface area contributed by atoms with E-state index < -0.39 is 23.2 Å². The van der Waals surface area contributed by atoms with Crippen LogP contribution in [-0.4, -0.2) is 55.4 Å². The molecule has 0 radical (unpaired) electrons. The molecule has 11 heteroatoms. The molecule has 0 bridgehead atoms. The van der Waals surface area contributed by atoms with Crippen molar-refractivity contribution in [3.8, 4) is 11.5 Å². The van der Waals surface area contributed by atoms with Gasteiger partial charge in [-0.2, -0.15) is 0 Å². The Labute approximate surface area is 170 Å². The number of fused-ring (bicyclic) bond motifs is 1. The fourth-order valence-electron chi connectivity index (χ4n) is 4.80. The van der Waals surface area contributed by atoms with Crippen molar-refractivity contribution in [2.24, 2.45) is 5.92 Å². The molecule has 4 heterocycles. The first-order valence-corrected chi connectivity index (χ1v) is 9.80. The number of anilines is 2. The van der Waals surface area contributed by atoms with Crippen LogP contribution in [0.2, 0.25) is 0 Å². The number of hydrogen-bond donors (Lipinski definition) is 3. The zero-order chi connectivity index (χ0) is 21.2. The number of aromatic nitrogens is 1. The number of nitrogens with one attached hydrogen (secondary N) is 1. The normalized spacial score (nSPS) is 22.7. The summed E-state index contributed by atoms with van der Waals surface area (Å²) in [7, 11) is 1.69. The number of benzene rings is 1. The minimum atomic E-state index is -1.64. The highest BCUT2D eigenvalue weighted by atomic mass is 19.1. The molecule has 3 aliphatic rings. The molecule has 0 spiro atoms. The Balaban J connectivity index is 1.74. The summed E-state index contributed by atoms with van der Waals surface area (Å²) in [5.41, 5.74) is 5.47. The minimum absolute atomic E-state index is 0.0762. The van der Waals surface area contributed by atoms with E-state index in [1.165, 1.54) is 10.9 Å². The molecule has 30 heavy (non-hydrogen) atoms. The number of nitrogens with two attached hydrogens (primary N) is 1. The van der Waals surface area contributed by atoms with Crippen molar-refractivity contribution in [1.82, 2.24) is 9.99 Å². The number of nitrogen functional groups attached to an aromatic ring is 1. The van der Waals surface area contributed by atoms with Gasteiger partial charge in [0.15, 0.2) is 18.3 Å². The number of rotatable bonds is 2. The summed E-state index contributed by atoms with van der Waals surface area (Å²) in [6.07, 6.45) is 1.77. The van der Waals surface area contributed by atoms with Gasteiger partial charge >= 0.3 is 6.16 Å². The van der Waals surface area contributed by atoms with E-state index in [2.05, 4.69) is 10.1 Å². The van der Waals surface area contributed by atoms with Gasteiger partial charge in [0.1, 0.15) is 11.2 Å². The molecule has 3 aliphatic heterocycles. The number of pyridine rings is 1. The second-order valence-electron chi connectivity index (χ2n) is 7.96. The highest BCUT2D eigenvalue weighted by Gasteiger charge is 2.39. The van der Waals surface area contributed by atoms with Gasteiger partial charge in [-0.25, -0.2) is 9.18 Å². The number of ether oxygens (including phenoxy) is 2. The first kappa shape index (κ1) is 18.8. The SMILES string of the molecule is CN1COc2c(N3C[C@@H]4CCCN[C@@H]4C3)c(F)c(N)c3c(=O)c(OC(=O)O)cn1c23. The van der Waals surface area contributed by atoms with Gasteiger partial charge in [-0.15, -0.1) is 0 Å². The van der Waals surface area contributed by atoms with Crippen molar-refractivity contribution in [1.29, 1.82) is 0 Å². The van der Waals surface area contributed by atoms with Crippen LogP contribution in [0.1, 0.15) is 12.8 Å². The second-order valence-corrected chi connectivity index (χ2v) is 7.96. The maximum atomic E-state index is 15.5. The average molecular weight is 419 g/mol. The summed E-state index contributed by atoms with van der Waals surface area (Å²) in [4.78, 5) is 25.8. The molecule has 160 valence electrons. The molecule has 2 saturated heterocycles. The lowest BCUT2D eigenvalue weighted by Gasteiger charge is -2.34. The summed E-state index contributed by atoms with van der Waals surface area (Å²) in [5.74, 6) is -0.559. The van der Waals surface area contributed by atoms with Crippen molar-refractivity contribution >= 4 is 28.4 Å². The average Bonchev–Trinajstić information content (AvgIpc) is 3.13. The third-order valence-corrected chi connectivity index (χ3v) is 6.18. The topological polar surface area (TPSA) is 122 Å². The Morgan fingerprint density at radius 3 is 2.97 bits per heavy atom. The third kappa shape index (κ3) is 2.65. The quantitative estimate of drug-likeness (QED) is 0.481. The Morgan fingerprint density at radius 1 is 1.43 bits per heavy atom. The summed E-state index contributed by atoms with van der Waals surface area (Å²) in [5, 5.41) is 13.9. The molecule has 1 aromatic carbocycles. The number of nitrogens with zero attached hydrogens (tertiary/aromatic N) is 3. The highest BCUT2D eigenvalue weighted by Crippen LogP contribution is 2.45. The smallest absolute Gasteiger partial charge is 0.467 e. The van der Waals surface area contributed by atoms with Gasteiger partial charge in [-0.3, -0.25) is 14.5 Å². The highest BCUT2D eigenvalue weighted by molar-refractivity contribution is 6.01. The summed E-state index contributed by atoms with van der Waals surface area (Å²) < 4.78 is 27.6. The van der Waals surface area contributed by atoms with Crippen LogP contribution in [0, 0.1) is 11.7 Å². The largest absolute Gasteiger partial charge is 0.511 e. The van der Waals surface area contributed by atoms with Gasteiger partial charge in [0, 0.05) is 26.2 Å². The van der Waals surface area contributed by atoms with Gasteiger partial charge < -0.3 is 30.5 Å². The first-order chi connectivity index (χ1) is 14.4. The summed E-state index contributed by atoms with van der Waals surface area (Å²) in [6.45, 7) is 2.30. The van der Waals surface area contributed by atoms with Crippen LogP contribution < -0.4 is 35.9 Å². The molecule has 2 fully saturated rings. The Bertz CT molecular complexity index is 1110. The first-order valence-electron chi connectivity index (χ1n) is 9.80. The van der Waals surface area contributed by atoms with Gasteiger partial charge in [0.05, 0.1) is 17.3 Å². The lowest BCUT2D eigenvalue weighted by atomic mass is 9.94. The van der Waals surface area contributed by atoms with Crippen molar-refractivity contribution in [3.05, 3.63) is 22.2 Å². The maximum Gasteiger partial charge on any atom is 0.511 e. The predicted octanol–water partition coefficient (Wildman–Crippen LogP) is 0.885. The number of hydrogen-bond acceptors (Lipinski definition) is 8. The molecule has 4 N–H and O–H groups in total. The summed E-state index contributed by atoms with van der Waals surface area (Å²) >= 11 is 0. The lowest BCUT2D eigenvalue weighted by Crippen LogP contribution is -2.41. The van der Waals surface area contributed by atoms with Gasteiger partial charge in [-0.05, 0) is 25.3 Å². The van der Waals surface area contributed by atoms with Crippen molar-refractivity contribution in [3.63, 3.8) is 0 Å². The Kier molecular flexibility index (Phi) is 4.17. The fraction of sp³-hybridized carbons (Fsp3) is 0.474. The Hall–Kier alpha value is -3.21. The molecular formula is C19H22FN5O5. The van der Waals surface area contributed by atoms with Crippen molar-refractivity contribution < 1.29 is 23.8 Å². The predicted molar refractivity (Wildman–Crippen MR) is 108 cm³/mol. The van der Waals surface area contributed by atoms with Gasteiger partial charge in [0.25, 0.3) is 0 Å². The zero-order valence-corrected chi connectivity index (χ0v) is 16.4. The van der Waals surface area contributed by atoms with Crippen LogP contribution >= 0.6 is 0 Å². The van der Waals surface area contributed by atoms with Crippen LogP contribution in [0.4, 0.5) is 20.6 Å². The molecule has 0 aliphatic carbocycles. The van der Waals surface area contributed by atoms with E-state index >= 15 is 4.39 Å². The summed E-state index contributed by atoms with van der Waals surface area (Å²) in [6, 6.07) is 0.266. The molecule has 10 nitrogen and oxygen atoms in total. The number of halogens is 1. The third-order valence-electron chi connectivity index (χ3n) is 6.18. The Morgan fingerprint density at radius 2 is 2.23 bits per heavy atom. The van der Waals surface area contributed by atoms with Crippen molar-refractivity contribution in [2.45, 2.75) is 18.9 Å². The minimum Gasteiger partial charge on any atom is -0.467 e. The van der Waals surface area contributed by atoms with E-state index in [-0.39, 0.29) is 35.3 Å². The zero-order valence-electron chi connectivity index (χ0n) is 16.4. The fourth-order valence-corrected chi connectivity index (χ4v) is 4.80. The van der Waals surface area contributed by atoms with Crippen LogP contribution in [0.5, 0.6) is 11.5 Å². The van der Waals surface area contributed by atoms with Gasteiger partial charge in [0.2, 0.25) is 11.2 Å².